The fraction of sp³-hybridized carbons (Fsp3) is 0.0556. The molecular formula is C18H12ClN3O. The Balaban J connectivity index is 2.02. The van der Waals surface area contributed by atoms with Gasteiger partial charge in [-0.3, -0.25) is 9.79 Å². The summed E-state index contributed by atoms with van der Waals surface area (Å²) in [6.07, 6.45) is 1.73. The van der Waals surface area contributed by atoms with E-state index in [4.69, 9.17) is 16.6 Å². The molecule has 0 radical (unpaired) electrons. The van der Waals surface area contributed by atoms with Crippen molar-refractivity contribution in [2.24, 2.45) is 4.99 Å². The highest BCUT2D eigenvalue weighted by Gasteiger charge is 2.19. The van der Waals surface area contributed by atoms with E-state index in [-0.39, 0.29) is 5.56 Å². The van der Waals surface area contributed by atoms with Crippen molar-refractivity contribution in [3.63, 3.8) is 0 Å². The van der Waals surface area contributed by atoms with Gasteiger partial charge in [0, 0.05) is 28.4 Å². The summed E-state index contributed by atoms with van der Waals surface area (Å²) in [6, 6.07) is 17.1. The first kappa shape index (κ1) is 13.9. The zero-order valence-electron chi connectivity index (χ0n) is 12.1. The van der Waals surface area contributed by atoms with E-state index in [9.17, 15) is 4.79 Å². The van der Waals surface area contributed by atoms with Gasteiger partial charge in [0.25, 0.3) is 5.56 Å². The van der Waals surface area contributed by atoms with Crippen LogP contribution in [0.15, 0.2) is 70.6 Å². The van der Waals surface area contributed by atoms with E-state index < -0.39 is 0 Å². The van der Waals surface area contributed by atoms with Crippen molar-refractivity contribution in [2.45, 2.75) is 6.54 Å². The van der Waals surface area contributed by atoms with Gasteiger partial charge in [-0.25, -0.2) is 0 Å². The van der Waals surface area contributed by atoms with Crippen molar-refractivity contribution in [1.29, 1.82) is 0 Å². The Hall–Kier alpha value is -2.72. The van der Waals surface area contributed by atoms with Crippen molar-refractivity contribution in [1.82, 2.24) is 9.55 Å². The molecule has 4 rings (SSSR count). The Morgan fingerprint density at radius 3 is 2.70 bits per heavy atom. The van der Waals surface area contributed by atoms with E-state index in [0.29, 0.717) is 17.4 Å². The Morgan fingerprint density at radius 2 is 1.87 bits per heavy atom. The van der Waals surface area contributed by atoms with Gasteiger partial charge in [-0.15, -0.1) is 0 Å². The zero-order valence-corrected chi connectivity index (χ0v) is 12.9. The number of nitrogens with zero attached hydrogens (tertiary/aromatic N) is 3. The maximum atomic E-state index is 11.6. The van der Waals surface area contributed by atoms with Crippen LogP contribution in [0.4, 0.5) is 0 Å². The molecule has 0 amide bonds. The van der Waals surface area contributed by atoms with Crippen LogP contribution in [-0.2, 0) is 6.54 Å². The Bertz CT molecular complexity index is 977. The lowest BCUT2D eigenvalue weighted by atomic mass is 10.0. The lowest BCUT2D eigenvalue weighted by Crippen LogP contribution is -2.15. The van der Waals surface area contributed by atoms with E-state index in [2.05, 4.69) is 4.98 Å². The second kappa shape index (κ2) is 5.48. The molecule has 5 heteroatoms. The molecule has 0 fully saturated rings. The number of aromatic nitrogens is 2. The van der Waals surface area contributed by atoms with Crippen LogP contribution >= 0.6 is 11.6 Å². The molecule has 2 heterocycles. The molecule has 1 aliphatic heterocycles. The molecule has 0 N–H and O–H groups in total. The van der Waals surface area contributed by atoms with Crippen LogP contribution in [0.3, 0.4) is 0 Å². The minimum Gasteiger partial charge on any atom is -0.303 e. The number of hydrogen-bond acceptors (Lipinski definition) is 3. The van der Waals surface area contributed by atoms with E-state index in [1.807, 2.05) is 53.1 Å². The normalized spacial score (nSPS) is 12.8. The number of fused-ring (bicyclic) bond motifs is 3. The van der Waals surface area contributed by atoms with Gasteiger partial charge in [0.05, 0.1) is 17.9 Å². The molecule has 4 nitrogen and oxygen atoms in total. The summed E-state index contributed by atoms with van der Waals surface area (Å²) < 4.78 is 1.88. The standard InChI is InChI=1S/C18H12ClN3O/c19-13-6-7-14-15(10-13)22-9-8-17(23)21-16(22)11-20-18(14)12-4-2-1-3-5-12/h1-10H,11H2. The van der Waals surface area contributed by atoms with Crippen LogP contribution in [0, 0.1) is 0 Å². The van der Waals surface area contributed by atoms with Crippen LogP contribution in [0.2, 0.25) is 5.02 Å². The highest BCUT2D eigenvalue weighted by molar-refractivity contribution is 6.31. The summed E-state index contributed by atoms with van der Waals surface area (Å²) in [5.41, 5.74) is 3.46. The van der Waals surface area contributed by atoms with Gasteiger partial charge >= 0.3 is 0 Å². The highest BCUT2D eigenvalue weighted by Crippen LogP contribution is 2.26. The van der Waals surface area contributed by atoms with Crippen LogP contribution in [0.1, 0.15) is 17.0 Å². The van der Waals surface area contributed by atoms with Gasteiger partial charge in [-0.2, -0.15) is 4.98 Å². The van der Waals surface area contributed by atoms with Crippen molar-refractivity contribution >= 4 is 17.3 Å². The molecule has 0 unspecified atom stereocenters. The third-order valence-electron chi connectivity index (χ3n) is 3.78. The summed E-state index contributed by atoms with van der Waals surface area (Å²) >= 11 is 6.19. The summed E-state index contributed by atoms with van der Waals surface area (Å²) in [6.45, 7) is 0.340. The van der Waals surface area contributed by atoms with Crippen LogP contribution < -0.4 is 5.56 Å². The SMILES string of the molecule is O=c1ccn2c(n1)CN=C(c1ccccc1)c1ccc(Cl)cc1-2. The number of halogens is 1. The molecule has 0 saturated heterocycles. The monoisotopic (exact) mass is 321 g/mol. The number of aliphatic imine (C=N–C) groups is 1. The van der Waals surface area contributed by atoms with E-state index in [0.717, 1.165) is 22.5 Å². The molecule has 0 spiro atoms. The summed E-state index contributed by atoms with van der Waals surface area (Å²) in [4.78, 5) is 20.4. The number of rotatable bonds is 1. The molecular weight excluding hydrogens is 310 g/mol. The summed E-state index contributed by atoms with van der Waals surface area (Å²) in [5, 5.41) is 0.628. The van der Waals surface area contributed by atoms with Gasteiger partial charge in [0.2, 0.25) is 0 Å². The van der Waals surface area contributed by atoms with Crippen molar-refractivity contribution in [3.05, 3.63) is 93.1 Å². The first-order chi connectivity index (χ1) is 11.2. The van der Waals surface area contributed by atoms with Crippen molar-refractivity contribution in [2.75, 3.05) is 0 Å². The van der Waals surface area contributed by atoms with Gasteiger partial charge < -0.3 is 4.57 Å². The summed E-state index contributed by atoms with van der Waals surface area (Å²) in [7, 11) is 0. The minimum absolute atomic E-state index is 0.266. The van der Waals surface area contributed by atoms with Crippen LogP contribution in [0.25, 0.3) is 5.69 Å². The molecule has 1 aliphatic rings. The predicted octanol–water partition coefficient (Wildman–Crippen LogP) is 3.24. The second-order valence-corrected chi connectivity index (χ2v) is 5.68. The fourth-order valence-electron chi connectivity index (χ4n) is 2.76. The largest absolute Gasteiger partial charge is 0.303 e. The average molecular weight is 322 g/mol. The highest BCUT2D eigenvalue weighted by atomic mass is 35.5. The van der Waals surface area contributed by atoms with E-state index >= 15 is 0 Å². The molecule has 0 saturated carbocycles. The minimum atomic E-state index is -0.266. The van der Waals surface area contributed by atoms with E-state index in [1.54, 1.807) is 6.20 Å². The van der Waals surface area contributed by atoms with Crippen molar-refractivity contribution < 1.29 is 0 Å². The average Bonchev–Trinajstić information content (AvgIpc) is 2.72. The molecule has 2 aromatic carbocycles. The lowest BCUT2D eigenvalue weighted by Gasteiger charge is -2.13. The predicted molar refractivity (Wildman–Crippen MR) is 90.6 cm³/mol. The fourth-order valence-corrected chi connectivity index (χ4v) is 2.92. The van der Waals surface area contributed by atoms with Gasteiger partial charge in [-0.05, 0) is 18.2 Å². The second-order valence-electron chi connectivity index (χ2n) is 5.24. The molecule has 3 aromatic rings. The van der Waals surface area contributed by atoms with Crippen LogP contribution in [-0.4, -0.2) is 15.3 Å². The first-order valence-corrected chi connectivity index (χ1v) is 7.59. The number of benzene rings is 2. The molecule has 0 aliphatic carbocycles. The smallest absolute Gasteiger partial charge is 0.272 e. The maximum Gasteiger partial charge on any atom is 0.272 e. The Morgan fingerprint density at radius 1 is 1.04 bits per heavy atom. The first-order valence-electron chi connectivity index (χ1n) is 7.21. The number of hydrogen-bond donors (Lipinski definition) is 0. The third-order valence-corrected chi connectivity index (χ3v) is 4.02. The van der Waals surface area contributed by atoms with Crippen molar-refractivity contribution in [3.8, 4) is 5.69 Å². The maximum absolute atomic E-state index is 11.6. The quantitative estimate of drug-likeness (QED) is 0.691. The molecule has 0 bridgehead atoms. The Kier molecular flexibility index (Phi) is 3.32. The van der Waals surface area contributed by atoms with Gasteiger partial charge in [-0.1, -0.05) is 41.9 Å². The van der Waals surface area contributed by atoms with Crippen LogP contribution in [0.5, 0.6) is 0 Å². The third kappa shape index (κ3) is 2.47. The lowest BCUT2D eigenvalue weighted by molar-refractivity contribution is 0.819. The summed E-state index contributed by atoms with van der Waals surface area (Å²) in [5.74, 6) is 0.604. The van der Waals surface area contributed by atoms with E-state index in [1.165, 1.54) is 6.07 Å². The molecule has 23 heavy (non-hydrogen) atoms. The zero-order chi connectivity index (χ0) is 15.8. The topological polar surface area (TPSA) is 47.2 Å². The van der Waals surface area contributed by atoms with Gasteiger partial charge in [0.15, 0.2) is 0 Å². The molecule has 112 valence electrons. The Labute approximate surface area is 137 Å². The van der Waals surface area contributed by atoms with Gasteiger partial charge in [0.1, 0.15) is 5.82 Å². The molecule has 1 aromatic heterocycles. The molecule has 0 atom stereocenters.